The van der Waals surface area contributed by atoms with Gasteiger partial charge >= 0.3 is 0 Å². The molecule has 0 spiro atoms. The molecule has 2 atom stereocenters. The number of amides is 1. The van der Waals surface area contributed by atoms with Crippen molar-refractivity contribution in [2.75, 3.05) is 12.3 Å². The summed E-state index contributed by atoms with van der Waals surface area (Å²) in [7, 11) is 0. The number of hydrogen-bond acceptors (Lipinski definition) is 9. The van der Waals surface area contributed by atoms with Gasteiger partial charge in [-0.3, -0.25) is 9.63 Å². The van der Waals surface area contributed by atoms with Crippen LogP contribution in [0.2, 0.25) is 0 Å². The lowest BCUT2D eigenvalue weighted by molar-refractivity contribution is -0.0523. The molecule has 0 saturated heterocycles. The SMILES string of the molecule is CC(C)(O)CONC(=O)c1c(N)nc(-c2cccc(C#N)c2)nc1O[C@H]1CC[C@H](O)C1. The Morgan fingerprint density at radius 2 is 2.16 bits per heavy atom. The first-order valence-electron chi connectivity index (χ1n) is 9.83. The third-order valence-electron chi connectivity index (χ3n) is 4.61. The van der Waals surface area contributed by atoms with Gasteiger partial charge in [0.2, 0.25) is 5.88 Å². The number of rotatable bonds is 7. The zero-order valence-corrected chi connectivity index (χ0v) is 17.3. The Morgan fingerprint density at radius 3 is 2.81 bits per heavy atom. The van der Waals surface area contributed by atoms with E-state index in [1.165, 1.54) is 13.8 Å². The van der Waals surface area contributed by atoms with Crippen molar-refractivity contribution >= 4 is 11.7 Å². The van der Waals surface area contributed by atoms with Crippen LogP contribution < -0.4 is 16.0 Å². The lowest BCUT2D eigenvalue weighted by Gasteiger charge is -2.19. The van der Waals surface area contributed by atoms with Crippen molar-refractivity contribution in [3.63, 3.8) is 0 Å². The van der Waals surface area contributed by atoms with E-state index in [2.05, 4.69) is 15.4 Å². The number of benzene rings is 1. The first-order chi connectivity index (χ1) is 14.7. The highest BCUT2D eigenvalue weighted by Gasteiger charge is 2.29. The van der Waals surface area contributed by atoms with Crippen molar-refractivity contribution in [1.29, 1.82) is 5.26 Å². The summed E-state index contributed by atoms with van der Waals surface area (Å²) in [5.41, 5.74) is 7.99. The Hall–Kier alpha value is -3.26. The van der Waals surface area contributed by atoms with Crippen LogP contribution in [0.3, 0.4) is 0 Å². The molecule has 1 amide bonds. The maximum atomic E-state index is 12.7. The smallest absolute Gasteiger partial charge is 0.284 e. The van der Waals surface area contributed by atoms with Crippen molar-refractivity contribution < 1.29 is 24.6 Å². The maximum absolute atomic E-state index is 12.7. The van der Waals surface area contributed by atoms with E-state index < -0.39 is 17.6 Å². The molecule has 5 N–H and O–H groups in total. The second kappa shape index (κ2) is 9.26. The number of nitrogens with zero attached hydrogens (tertiary/aromatic N) is 3. The predicted octanol–water partition coefficient (Wildman–Crippen LogP) is 1.32. The van der Waals surface area contributed by atoms with Crippen LogP contribution in [-0.2, 0) is 4.84 Å². The van der Waals surface area contributed by atoms with Crippen molar-refractivity contribution in [3.8, 4) is 23.3 Å². The monoisotopic (exact) mass is 427 g/mol. The minimum atomic E-state index is -1.15. The van der Waals surface area contributed by atoms with Gasteiger partial charge in [-0.25, -0.2) is 10.5 Å². The second-order valence-corrected chi connectivity index (χ2v) is 8.04. The number of hydrogen-bond donors (Lipinski definition) is 4. The zero-order chi connectivity index (χ0) is 22.6. The van der Waals surface area contributed by atoms with Gasteiger partial charge in [-0.15, -0.1) is 0 Å². The number of carbonyl (C=O) groups excluding carboxylic acids is 1. The third kappa shape index (κ3) is 5.88. The summed E-state index contributed by atoms with van der Waals surface area (Å²) in [6.07, 6.45) is 0.758. The molecule has 0 unspecified atom stereocenters. The van der Waals surface area contributed by atoms with E-state index in [1.807, 2.05) is 6.07 Å². The summed E-state index contributed by atoms with van der Waals surface area (Å²) >= 11 is 0. The van der Waals surface area contributed by atoms with Gasteiger partial charge in [-0.2, -0.15) is 10.2 Å². The molecule has 1 saturated carbocycles. The molecule has 1 fully saturated rings. The molecular weight excluding hydrogens is 402 g/mol. The van der Waals surface area contributed by atoms with E-state index in [4.69, 9.17) is 20.6 Å². The summed E-state index contributed by atoms with van der Waals surface area (Å²) in [6.45, 7) is 2.91. The Bertz CT molecular complexity index is 999. The number of aliphatic hydroxyl groups is 2. The summed E-state index contributed by atoms with van der Waals surface area (Å²) in [6, 6.07) is 8.69. The van der Waals surface area contributed by atoms with Gasteiger partial charge in [-0.1, -0.05) is 12.1 Å². The minimum absolute atomic E-state index is 0.0479. The number of hydroxylamine groups is 1. The van der Waals surface area contributed by atoms with Gasteiger partial charge in [0.05, 0.1) is 23.3 Å². The first kappa shape index (κ1) is 22.4. The highest BCUT2D eigenvalue weighted by Crippen LogP contribution is 2.30. The molecule has 31 heavy (non-hydrogen) atoms. The van der Waals surface area contributed by atoms with E-state index in [9.17, 15) is 15.0 Å². The molecule has 0 radical (unpaired) electrons. The quantitative estimate of drug-likeness (QED) is 0.477. The standard InChI is InChI=1S/C21H25N5O5/c1-21(2,29)11-30-26-19(28)16-17(23)24-18(13-5-3-4-12(8-13)10-22)25-20(16)31-15-7-6-14(27)9-15/h3-5,8,14-15,27,29H,6-7,9,11H2,1-2H3,(H,26,28)(H2,23,24,25)/t14-,15-/m0/s1. The van der Waals surface area contributed by atoms with Crippen LogP contribution in [0, 0.1) is 11.3 Å². The van der Waals surface area contributed by atoms with E-state index in [-0.39, 0.29) is 35.8 Å². The normalized spacial score (nSPS) is 18.4. The number of aliphatic hydroxyl groups excluding tert-OH is 1. The molecule has 1 aromatic heterocycles. The van der Waals surface area contributed by atoms with Crippen molar-refractivity contribution in [3.05, 3.63) is 35.4 Å². The van der Waals surface area contributed by atoms with Crippen LogP contribution in [0.4, 0.5) is 5.82 Å². The molecule has 1 aliphatic carbocycles. The average molecular weight is 427 g/mol. The van der Waals surface area contributed by atoms with Gasteiger partial charge in [0, 0.05) is 12.0 Å². The number of ether oxygens (including phenoxy) is 1. The van der Waals surface area contributed by atoms with Crippen molar-refractivity contribution in [1.82, 2.24) is 15.4 Å². The Balaban J connectivity index is 1.94. The highest BCUT2D eigenvalue weighted by molar-refractivity contribution is 6.00. The predicted molar refractivity (Wildman–Crippen MR) is 111 cm³/mol. The van der Waals surface area contributed by atoms with Crippen LogP contribution >= 0.6 is 0 Å². The number of nitrogen functional groups attached to an aromatic ring is 1. The Kier molecular flexibility index (Phi) is 6.70. The van der Waals surface area contributed by atoms with Gasteiger partial charge in [0.25, 0.3) is 5.91 Å². The van der Waals surface area contributed by atoms with Gasteiger partial charge in [0.1, 0.15) is 24.1 Å². The summed E-state index contributed by atoms with van der Waals surface area (Å²) in [5.74, 6) is -0.719. The fourth-order valence-corrected chi connectivity index (χ4v) is 3.12. The average Bonchev–Trinajstić information content (AvgIpc) is 3.11. The van der Waals surface area contributed by atoms with Gasteiger partial charge < -0.3 is 20.7 Å². The number of carbonyl (C=O) groups is 1. The van der Waals surface area contributed by atoms with E-state index in [0.717, 1.165) is 0 Å². The fourth-order valence-electron chi connectivity index (χ4n) is 3.12. The fraction of sp³-hybridized carbons (Fsp3) is 0.429. The number of aromatic nitrogens is 2. The van der Waals surface area contributed by atoms with Gasteiger partial charge in [-0.05, 0) is 38.8 Å². The molecular formula is C21H25N5O5. The Labute approximate surface area is 179 Å². The van der Waals surface area contributed by atoms with Crippen molar-refractivity contribution in [2.45, 2.75) is 50.9 Å². The molecule has 10 nitrogen and oxygen atoms in total. The van der Waals surface area contributed by atoms with Crippen LogP contribution in [0.1, 0.15) is 49.0 Å². The molecule has 0 bridgehead atoms. The van der Waals surface area contributed by atoms with Crippen LogP contribution in [0.5, 0.6) is 5.88 Å². The third-order valence-corrected chi connectivity index (χ3v) is 4.61. The molecule has 164 valence electrons. The first-order valence-corrected chi connectivity index (χ1v) is 9.83. The largest absolute Gasteiger partial charge is 0.474 e. The van der Waals surface area contributed by atoms with E-state index >= 15 is 0 Å². The zero-order valence-electron chi connectivity index (χ0n) is 17.3. The minimum Gasteiger partial charge on any atom is -0.474 e. The second-order valence-electron chi connectivity index (χ2n) is 8.04. The maximum Gasteiger partial charge on any atom is 0.284 e. The number of nitriles is 1. The molecule has 1 heterocycles. The van der Waals surface area contributed by atoms with Crippen LogP contribution in [0.25, 0.3) is 11.4 Å². The Morgan fingerprint density at radius 1 is 1.39 bits per heavy atom. The van der Waals surface area contributed by atoms with Crippen LogP contribution in [0.15, 0.2) is 24.3 Å². The number of nitrogens with one attached hydrogen (secondary N) is 1. The molecule has 10 heteroatoms. The molecule has 0 aliphatic heterocycles. The van der Waals surface area contributed by atoms with Crippen LogP contribution in [-0.4, -0.2) is 50.5 Å². The van der Waals surface area contributed by atoms with Gasteiger partial charge in [0.15, 0.2) is 5.82 Å². The summed E-state index contributed by atoms with van der Waals surface area (Å²) < 4.78 is 5.92. The summed E-state index contributed by atoms with van der Waals surface area (Å²) in [5, 5.41) is 28.7. The number of nitrogens with two attached hydrogens (primary N) is 1. The highest BCUT2D eigenvalue weighted by atomic mass is 16.7. The summed E-state index contributed by atoms with van der Waals surface area (Å²) in [4.78, 5) is 26.4. The lowest BCUT2D eigenvalue weighted by Crippen LogP contribution is -2.34. The van der Waals surface area contributed by atoms with E-state index in [0.29, 0.717) is 30.4 Å². The molecule has 1 aliphatic rings. The molecule has 1 aromatic carbocycles. The van der Waals surface area contributed by atoms with Crippen molar-refractivity contribution in [2.24, 2.45) is 0 Å². The lowest BCUT2D eigenvalue weighted by atomic mass is 10.1. The topological polar surface area (TPSA) is 164 Å². The molecule has 3 rings (SSSR count). The number of anilines is 1. The van der Waals surface area contributed by atoms with E-state index in [1.54, 1.807) is 24.3 Å². The molecule has 2 aromatic rings.